The fraction of sp³-hybridized carbons (Fsp3) is 0.405. The van der Waals surface area contributed by atoms with E-state index in [0.29, 0.717) is 36.8 Å². The van der Waals surface area contributed by atoms with Crippen LogP contribution < -0.4 is 19.5 Å². The summed E-state index contributed by atoms with van der Waals surface area (Å²) in [6.07, 6.45) is 6.71. The van der Waals surface area contributed by atoms with E-state index in [2.05, 4.69) is 23.5 Å². The largest absolute Gasteiger partial charge is 0.508 e. The summed E-state index contributed by atoms with van der Waals surface area (Å²) in [6, 6.07) is 19.4. The second-order valence-electron chi connectivity index (χ2n) is 14.0. The molecule has 1 fully saturated rings. The molecule has 3 aliphatic rings. The number of benzene rings is 4. The van der Waals surface area contributed by atoms with Gasteiger partial charge in [-0.05, 0) is 77.6 Å². The maximum absolute atomic E-state index is 12.2. The number of aryl methyl sites for hydroxylation is 1. The molecular weight excluding hydrogens is 646 g/mol. The molecule has 2 aliphatic carbocycles. The fourth-order valence-corrected chi connectivity index (χ4v) is 8.51. The Hall–Kier alpha value is -4.73. The van der Waals surface area contributed by atoms with E-state index in [0.717, 1.165) is 68.7 Å². The Morgan fingerprint density at radius 3 is 2.49 bits per heavy atom. The number of esters is 1. The van der Waals surface area contributed by atoms with E-state index in [1.807, 2.05) is 24.3 Å². The van der Waals surface area contributed by atoms with Crippen molar-refractivity contribution in [3.05, 3.63) is 99.6 Å². The third-order valence-corrected chi connectivity index (χ3v) is 10.9. The third-order valence-electron chi connectivity index (χ3n) is 10.9. The number of ether oxygens (including phenoxy) is 4. The topological polar surface area (TPSA) is 127 Å². The van der Waals surface area contributed by atoms with Gasteiger partial charge in [-0.3, -0.25) is 4.79 Å². The second kappa shape index (κ2) is 14.9. The number of phenols is 2. The highest BCUT2D eigenvalue weighted by Crippen LogP contribution is 2.54. The molecule has 4 aromatic rings. The van der Waals surface area contributed by atoms with Gasteiger partial charge in [-0.2, -0.15) is 0 Å². The number of methoxy groups -OCH3 is 2. The van der Waals surface area contributed by atoms with Crippen molar-refractivity contribution in [2.45, 2.75) is 83.1 Å². The van der Waals surface area contributed by atoms with Gasteiger partial charge in [-0.15, -0.1) is 0 Å². The average Bonchev–Trinajstić information content (AvgIpc) is 3.52. The minimum atomic E-state index is -0.536. The first-order valence-electron chi connectivity index (χ1n) is 18.0. The summed E-state index contributed by atoms with van der Waals surface area (Å²) in [6.45, 7) is 1.96. The Morgan fingerprint density at radius 2 is 1.75 bits per heavy atom. The van der Waals surface area contributed by atoms with Crippen LogP contribution in [0.5, 0.6) is 28.7 Å². The molecule has 1 saturated carbocycles. The van der Waals surface area contributed by atoms with Gasteiger partial charge in [0, 0.05) is 47.8 Å². The molecular formula is C42H47NO8. The molecule has 51 heavy (non-hydrogen) atoms. The number of hydrogen-bond donors (Lipinski definition) is 4. The summed E-state index contributed by atoms with van der Waals surface area (Å²) in [5.74, 6) is 1.64. The Morgan fingerprint density at radius 1 is 0.941 bits per heavy atom. The number of hydrogen-bond acceptors (Lipinski definition) is 9. The number of fused-ring (bicyclic) bond motifs is 5. The maximum atomic E-state index is 12.2. The van der Waals surface area contributed by atoms with Crippen LogP contribution in [0.1, 0.15) is 96.0 Å². The van der Waals surface area contributed by atoms with Crippen molar-refractivity contribution in [1.82, 2.24) is 5.32 Å². The van der Waals surface area contributed by atoms with Gasteiger partial charge >= 0.3 is 5.97 Å². The summed E-state index contributed by atoms with van der Waals surface area (Å²) in [4.78, 5) is 12.2. The van der Waals surface area contributed by atoms with Crippen molar-refractivity contribution >= 4 is 5.97 Å². The smallest absolute Gasteiger partial charge is 0.302 e. The highest BCUT2D eigenvalue weighted by atomic mass is 16.5. The van der Waals surface area contributed by atoms with Gasteiger partial charge in [0.25, 0.3) is 0 Å². The summed E-state index contributed by atoms with van der Waals surface area (Å²) in [7, 11) is 3.14. The molecule has 268 valence electrons. The maximum Gasteiger partial charge on any atom is 0.302 e. The molecule has 9 heteroatoms. The van der Waals surface area contributed by atoms with Gasteiger partial charge < -0.3 is 39.6 Å². The lowest BCUT2D eigenvalue weighted by atomic mass is 9.80. The van der Waals surface area contributed by atoms with Crippen LogP contribution in [0.15, 0.2) is 60.7 Å². The van der Waals surface area contributed by atoms with E-state index in [1.54, 1.807) is 25.3 Å². The van der Waals surface area contributed by atoms with Crippen LogP contribution in [0, 0.1) is 5.92 Å². The van der Waals surface area contributed by atoms with Gasteiger partial charge in [-0.1, -0.05) is 55.7 Å². The van der Waals surface area contributed by atoms with Crippen LogP contribution in [0.3, 0.4) is 0 Å². The summed E-state index contributed by atoms with van der Waals surface area (Å²) < 4.78 is 24.0. The minimum absolute atomic E-state index is 0.0183. The van der Waals surface area contributed by atoms with Gasteiger partial charge in [-0.25, -0.2) is 0 Å². The van der Waals surface area contributed by atoms with Crippen molar-refractivity contribution < 1.29 is 39.1 Å². The number of nitrogens with one attached hydrogen (secondary N) is 1. The minimum Gasteiger partial charge on any atom is -0.508 e. The predicted molar refractivity (Wildman–Crippen MR) is 193 cm³/mol. The Kier molecular flexibility index (Phi) is 10.1. The first-order valence-corrected chi connectivity index (χ1v) is 18.0. The van der Waals surface area contributed by atoms with Crippen molar-refractivity contribution in [3.8, 4) is 39.9 Å². The van der Waals surface area contributed by atoms with E-state index in [9.17, 15) is 20.1 Å². The normalized spacial score (nSPS) is 18.6. The number of carbonyl (C=O) groups is 1. The number of carbonyl (C=O) groups excluding carboxylic acids is 1. The molecule has 1 heterocycles. The molecule has 0 aromatic heterocycles. The van der Waals surface area contributed by atoms with Gasteiger partial charge in [0.1, 0.15) is 30.0 Å². The van der Waals surface area contributed by atoms with Crippen LogP contribution in [0.2, 0.25) is 0 Å². The molecule has 3 atom stereocenters. The van der Waals surface area contributed by atoms with E-state index < -0.39 is 6.10 Å². The van der Waals surface area contributed by atoms with E-state index in [-0.39, 0.29) is 42.6 Å². The number of aromatic hydroxyl groups is 2. The molecule has 0 unspecified atom stereocenters. The van der Waals surface area contributed by atoms with E-state index >= 15 is 0 Å². The zero-order valence-electron chi connectivity index (χ0n) is 29.5. The van der Waals surface area contributed by atoms with Crippen LogP contribution in [-0.2, 0) is 35.5 Å². The lowest BCUT2D eigenvalue weighted by molar-refractivity contribution is -0.141. The molecule has 0 amide bonds. The summed E-state index contributed by atoms with van der Waals surface area (Å²) >= 11 is 0. The SMILES string of the molecule is COc1cc([C@H]2Oc3c(ccc4c3CCc3cc(O)cc(OC)c3-4)[C@@H]2COC(C)=O)c(CN[C@@H](c2cccc(CO)c2)C2CCCCC2)cc1O. The molecule has 9 nitrogen and oxygen atoms in total. The molecule has 0 saturated heterocycles. The standard InChI is InChI=1S/C42H47NO8/c1-24(45)50-23-35-33-15-14-31-32(13-12-27-17-30(46)19-38(49-3)39(27)31)41(33)51-42(35)34-20-37(48-2)36(47)18-29(34)21-43-40(26-9-5-4-6-10-26)28-11-7-8-25(16-28)22-44/h7-8,11,14-20,26,35,40,42-44,46-47H,4-6,9-10,12-13,21-23H2,1-3H3/t35-,40+,42+/m0/s1. The molecule has 0 radical (unpaired) electrons. The second-order valence-corrected chi connectivity index (χ2v) is 14.0. The fourth-order valence-electron chi connectivity index (χ4n) is 8.51. The molecule has 0 bridgehead atoms. The molecule has 7 rings (SSSR count). The first-order chi connectivity index (χ1) is 24.8. The van der Waals surface area contributed by atoms with E-state index in [4.69, 9.17) is 18.9 Å². The average molecular weight is 694 g/mol. The Balaban J connectivity index is 1.28. The number of aliphatic hydroxyl groups is 1. The van der Waals surface area contributed by atoms with Crippen molar-refractivity contribution in [2.75, 3.05) is 20.8 Å². The highest BCUT2D eigenvalue weighted by Gasteiger charge is 2.41. The summed E-state index contributed by atoms with van der Waals surface area (Å²) in [5.41, 5.74) is 8.66. The monoisotopic (exact) mass is 693 g/mol. The van der Waals surface area contributed by atoms with Gasteiger partial charge in [0.15, 0.2) is 11.5 Å². The quantitative estimate of drug-likeness (QED) is 0.118. The Bertz CT molecular complexity index is 1900. The Labute approximate surface area is 299 Å². The van der Waals surface area contributed by atoms with Crippen LogP contribution in [0.25, 0.3) is 11.1 Å². The molecule has 4 N–H and O–H groups in total. The number of aliphatic hydroxyl groups excluding tert-OH is 1. The van der Waals surface area contributed by atoms with Gasteiger partial charge in [0.05, 0.1) is 26.7 Å². The zero-order chi connectivity index (χ0) is 35.6. The van der Waals surface area contributed by atoms with Crippen molar-refractivity contribution in [2.24, 2.45) is 5.92 Å². The zero-order valence-corrected chi connectivity index (χ0v) is 29.5. The van der Waals surface area contributed by atoms with Crippen LogP contribution in [-0.4, -0.2) is 42.1 Å². The van der Waals surface area contributed by atoms with E-state index in [1.165, 1.54) is 33.3 Å². The first kappa shape index (κ1) is 34.7. The molecule has 1 aliphatic heterocycles. The van der Waals surface area contributed by atoms with Crippen LogP contribution in [0.4, 0.5) is 0 Å². The molecule has 0 spiro atoms. The van der Waals surface area contributed by atoms with Crippen molar-refractivity contribution in [1.29, 1.82) is 0 Å². The lowest BCUT2D eigenvalue weighted by Crippen LogP contribution is -2.30. The number of rotatable bonds is 11. The predicted octanol–water partition coefficient (Wildman–Crippen LogP) is 7.56. The van der Waals surface area contributed by atoms with Crippen molar-refractivity contribution in [3.63, 3.8) is 0 Å². The lowest BCUT2D eigenvalue weighted by Gasteiger charge is -2.32. The third kappa shape index (κ3) is 6.85. The number of phenolic OH excluding ortho intramolecular Hbond substituents is 2. The molecule has 4 aromatic carbocycles. The highest BCUT2D eigenvalue weighted by molar-refractivity contribution is 5.82. The van der Waals surface area contributed by atoms with Gasteiger partial charge in [0.2, 0.25) is 0 Å². The van der Waals surface area contributed by atoms with Crippen LogP contribution >= 0.6 is 0 Å². The summed E-state index contributed by atoms with van der Waals surface area (Å²) in [5, 5.41) is 35.2.